The monoisotopic (exact) mass is 205 g/mol. The van der Waals surface area contributed by atoms with Gasteiger partial charge in [0.25, 0.3) is 5.91 Å². The number of hydrogen-bond donors (Lipinski definition) is 3. The Balaban J connectivity index is 2.99. The summed E-state index contributed by atoms with van der Waals surface area (Å²) in [5, 5.41) is 20.1. The molecule has 0 heterocycles. The molecule has 1 rings (SSSR count). The second-order valence-electron chi connectivity index (χ2n) is 2.64. The van der Waals surface area contributed by atoms with Crippen molar-refractivity contribution in [2.45, 2.75) is 0 Å². The standard InChI is InChI=1S/C10H7NO4/c1-2-9(13)11-7-4-3-6(10(14)15)5-8(7)12/h1,3-5,12H,(H,11,13)(H,14,15). The summed E-state index contributed by atoms with van der Waals surface area (Å²) in [4.78, 5) is 21.3. The second-order valence-corrected chi connectivity index (χ2v) is 2.64. The van der Waals surface area contributed by atoms with Crippen LogP contribution in [-0.4, -0.2) is 22.1 Å². The summed E-state index contributed by atoms with van der Waals surface area (Å²) in [5.41, 5.74) is -0.00541. The van der Waals surface area contributed by atoms with Crippen molar-refractivity contribution < 1.29 is 19.8 Å². The molecule has 0 spiro atoms. The summed E-state index contributed by atoms with van der Waals surface area (Å²) in [5.74, 6) is -0.429. The van der Waals surface area contributed by atoms with Crippen molar-refractivity contribution in [3.63, 3.8) is 0 Å². The molecule has 1 aromatic carbocycles. The Hall–Kier alpha value is -2.48. The Morgan fingerprint density at radius 1 is 1.40 bits per heavy atom. The Morgan fingerprint density at radius 3 is 2.53 bits per heavy atom. The fourth-order valence-electron chi connectivity index (χ4n) is 0.929. The number of nitrogens with one attached hydrogen (secondary N) is 1. The van der Waals surface area contributed by atoms with E-state index in [1.165, 1.54) is 12.1 Å². The number of benzene rings is 1. The van der Waals surface area contributed by atoms with Crippen molar-refractivity contribution in [1.82, 2.24) is 0 Å². The lowest BCUT2D eigenvalue weighted by atomic mass is 10.2. The largest absolute Gasteiger partial charge is 0.506 e. The molecule has 0 aliphatic carbocycles. The first kappa shape index (κ1) is 10.6. The van der Waals surface area contributed by atoms with E-state index in [1.54, 1.807) is 5.92 Å². The first-order valence-corrected chi connectivity index (χ1v) is 3.88. The maximum Gasteiger partial charge on any atom is 0.335 e. The van der Waals surface area contributed by atoms with Crippen LogP contribution in [0.5, 0.6) is 5.75 Å². The fourth-order valence-corrected chi connectivity index (χ4v) is 0.929. The van der Waals surface area contributed by atoms with E-state index in [0.29, 0.717) is 0 Å². The number of carbonyl (C=O) groups excluding carboxylic acids is 1. The van der Waals surface area contributed by atoms with Crippen LogP contribution in [0.15, 0.2) is 18.2 Å². The lowest BCUT2D eigenvalue weighted by Gasteiger charge is -2.04. The highest BCUT2D eigenvalue weighted by Gasteiger charge is 2.08. The third-order valence-corrected chi connectivity index (χ3v) is 1.62. The van der Waals surface area contributed by atoms with Crippen LogP contribution in [0, 0.1) is 12.3 Å². The molecule has 76 valence electrons. The number of aromatic carboxylic acids is 1. The Kier molecular flexibility index (Phi) is 2.94. The highest BCUT2D eigenvalue weighted by atomic mass is 16.4. The average Bonchev–Trinajstić information content (AvgIpc) is 2.20. The van der Waals surface area contributed by atoms with E-state index in [-0.39, 0.29) is 17.0 Å². The van der Waals surface area contributed by atoms with Gasteiger partial charge >= 0.3 is 5.97 Å². The predicted octanol–water partition coefficient (Wildman–Crippen LogP) is 0.662. The minimum atomic E-state index is -1.17. The molecule has 0 radical (unpaired) electrons. The molecule has 0 aliphatic rings. The van der Waals surface area contributed by atoms with E-state index in [1.807, 2.05) is 0 Å². The number of carboxylic acid groups (broad SMARTS) is 1. The van der Waals surface area contributed by atoms with Gasteiger partial charge in [-0.3, -0.25) is 4.79 Å². The number of amides is 1. The van der Waals surface area contributed by atoms with Crippen LogP contribution in [0.25, 0.3) is 0 Å². The van der Waals surface area contributed by atoms with Crippen LogP contribution in [-0.2, 0) is 4.79 Å². The first-order valence-electron chi connectivity index (χ1n) is 3.88. The molecule has 0 aliphatic heterocycles. The third-order valence-electron chi connectivity index (χ3n) is 1.62. The number of rotatable bonds is 2. The van der Waals surface area contributed by atoms with E-state index < -0.39 is 11.9 Å². The van der Waals surface area contributed by atoms with Crippen molar-refractivity contribution in [1.29, 1.82) is 0 Å². The number of phenols is 1. The minimum Gasteiger partial charge on any atom is -0.506 e. The summed E-state index contributed by atoms with van der Waals surface area (Å²) in [6.45, 7) is 0. The quantitative estimate of drug-likeness (QED) is 0.489. The topological polar surface area (TPSA) is 86.6 Å². The van der Waals surface area contributed by atoms with E-state index in [9.17, 15) is 14.7 Å². The molecule has 5 heteroatoms. The van der Waals surface area contributed by atoms with Crippen LogP contribution in [0.3, 0.4) is 0 Å². The fraction of sp³-hybridized carbons (Fsp3) is 0. The van der Waals surface area contributed by atoms with Crippen LogP contribution in [0.2, 0.25) is 0 Å². The SMILES string of the molecule is C#CC(=O)Nc1ccc(C(=O)O)cc1O. The van der Waals surface area contributed by atoms with E-state index >= 15 is 0 Å². The summed E-state index contributed by atoms with van der Waals surface area (Å²) in [6.07, 6.45) is 4.81. The van der Waals surface area contributed by atoms with Gasteiger partial charge in [-0.1, -0.05) is 0 Å². The van der Waals surface area contributed by atoms with Gasteiger partial charge in [0, 0.05) is 0 Å². The van der Waals surface area contributed by atoms with Crippen LogP contribution < -0.4 is 5.32 Å². The molecule has 0 saturated carbocycles. The predicted molar refractivity (Wildman–Crippen MR) is 52.5 cm³/mol. The van der Waals surface area contributed by atoms with Crippen molar-refractivity contribution in [2.75, 3.05) is 5.32 Å². The molecular weight excluding hydrogens is 198 g/mol. The molecule has 3 N–H and O–H groups in total. The van der Waals surface area contributed by atoms with Gasteiger partial charge in [-0.2, -0.15) is 0 Å². The van der Waals surface area contributed by atoms with Crippen molar-refractivity contribution in [3.05, 3.63) is 23.8 Å². The molecule has 0 atom stereocenters. The summed E-state index contributed by atoms with van der Waals surface area (Å²) < 4.78 is 0. The summed E-state index contributed by atoms with van der Waals surface area (Å²) >= 11 is 0. The third kappa shape index (κ3) is 2.48. The number of terminal acetylenes is 1. The smallest absolute Gasteiger partial charge is 0.335 e. The molecule has 1 aromatic rings. The van der Waals surface area contributed by atoms with Crippen LogP contribution >= 0.6 is 0 Å². The molecule has 0 aromatic heterocycles. The zero-order valence-corrected chi connectivity index (χ0v) is 7.52. The maximum atomic E-state index is 10.8. The highest BCUT2D eigenvalue weighted by molar-refractivity contribution is 6.04. The molecule has 0 unspecified atom stereocenters. The molecular formula is C10H7NO4. The van der Waals surface area contributed by atoms with Gasteiger partial charge in [0.1, 0.15) is 5.75 Å². The molecule has 0 fully saturated rings. The summed E-state index contributed by atoms with van der Waals surface area (Å²) in [7, 11) is 0. The highest BCUT2D eigenvalue weighted by Crippen LogP contribution is 2.23. The molecule has 0 saturated heterocycles. The maximum absolute atomic E-state index is 10.8. The second kappa shape index (κ2) is 4.15. The van der Waals surface area contributed by atoms with Gasteiger partial charge in [0.15, 0.2) is 0 Å². The van der Waals surface area contributed by atoms with Gasteiger partial charge in [-0.25, -0.2) is 4.79 Å². The number of carbonyl (C=O) groups is 2. The van der Waals surface area contributed by atoms with E-state index in [4.69, 9.17) is 11.5 Å². The molecule has 5 nitrogen and oxygen atoms in total. The average molecular weight is 205 g/mol. The number of phenolic OH excluding ortho intramolecular Hbond substituents is 1. The minimum absolute atomic E-state index is 0.0722. The lowest BCUT2D eigenvalue weighted by molar-refractivity contribution is -0.111. The van der Waals surface area contributed by atoms with Gasteiger partial charge in [0.2, 0.25) is 0 Å². The number of hydrogen-bond acceptors (Lipinski definition) is 3. The molecule has 0 bridgehead atoms. The first-order chi connectivity index (χ1) is 7.04. The Labute approximate surface area is 85.4 Å². The van der Waals surface area contributed by atoms with Crippen LogP contribution in [0.4, 0.5) is 5.69 Å². The zero-order valence-electron chi connectivity index (χ0n) is 7.52. The zero-order chi connectivity index (χ0) is 11.4. The number of anilines is 1. The van der Waals surface area contributed by atoms with Gasteiger partial charge in [0.05, 0.1) is 11.3 Å². The van der Waals surface area contributed by atoms with Crippen molar-refractivity contribution in [2.24, 2.45) is 0 Å². The van der Waals surface area contributed by atoms with Gasteiger partial charge in [-0.05, 0) is 24.1 Å². The van der Waals surface area contributed by atoms with E-state index in [2.05, 4.69) is 5.32 Å². The van der Waals surface area contributed by atoms with Crippen LogP contribution in [0.1, 0.15) is 10.4 Å². The van der Waals surface area contributed by atoms with Gasteiger partial charge < -0.3 is 15.5 Å². The Bertz CT molecular complexity index is 459. The molecule has 1 amide bonds. The number of carboxylic acids is 1. The van der Waals surface area contributed by atoms with E-state index in [0.717, 1.165) is 6.07 Å². The van der Waals surface area contributed by atoms with Crippen molar-refractivity contribution in [3.8, 4) is 18.1 Å². The number of aromatic hydroxyl groups is 1. The molecule has 15 heavy (non-hydrogen) atoms. The summed E-state index contributed by atoms with van der Waals surface area (Å²) in [6, 6.07) is 3.52. The normalized spacial score (nSPS) is 9.00. The van der Waals surface area contributed by atoms with Gasteiger partial charge in [-0.15, -0.1) is 6.42 Å². The Morgan fingerprint density at radius 2 is 2.07 bits per heavy atom. The lowest BCUT2D eigenvalue weighted by Crippen LogP contribution is -2.08. The van der Waals surface area contributed by atoms with Crippen molar-refractivity contribution >= 4 is 17.6 Å².